The number of allylic oxidation sites excluding steroid dienone is 1. The van der Waals surface area contributed by atoms with Gasteiger partial charge in [0, 0.05) is 6.42 Å². The van der Waals surface area contributed by atoms with Gasteiger partial charge in [-0.2, -0.15) is 0 Å². The van der Waals surface area contributed by atoms with E-state index in [4.69, 9.17) is 0 Å². The molecule has 0 aliphatic heterocycles. The highest BCUT2D eigenvalue weighted by Gasteiger charge is 2.09. The highest BCUT2D eigenvalue weighted by atomic mass is 16.5. The van der Waals surface area contributed by atoms with Crippen LogP contribution in [0, 0.1) is 0 Å². The number of hydrogen-bond acceptors (Lipinski definition) is 3. The Morgan fingerprint density at radius 3 is 3.00 bits per heavy atom. The van der Waals surface area contributed by atoms with E-state index in [-0.39, 0.29) is 12.4 Å². The van der Waals surface area contributed by atoms with E-state index in [2.05, 4.69) is 4.74 Å². The first-order chi connectivity index (χ1) is 5.33. The molecule has 0 aromatic rings. The summed E-state index contributed by atoms with van der Waals surface area (Å²) in [6.45, 7) is 0.676. The van der Waals surface area contributed by atoms with Gasteiger partial charge in [0.1, 0.15) is 6.61 Å². The van der Waals surface area contributed by atoms with Crippen molar-refractivity contribution >= 4 is 12.3 Å². The lowest BCUT2D eigenvalue weighted by molar-refractivity contribution is -0.128. The molecular weight excluding hydrogens is 144 g/mol. The van der Waals surface area contributed by atoms with Crippen molar-refractivity contribution in [3.8, 4) is 0 Å². The lowest BCUT2D eigenvalue weighted by Crippen LogP contribution is -2.06. The monoisotopic (exact) mass is 154 g/mol. The van der Waals surface area contributed by atoms with E-state index < -0.39 is 0 Å². The van der Waals surface area contributed by atoms with Crippen LogP contribution >= 0.6 is 0 Å². The Labute approximate surface area is 65.0 Å². The van der Waals surface area contributed by atoms with E-state index in [0.29, 0.717) is 12.9 Å². The second-order valence-corrected chi connectivity index (χ2v) is 2.53. The van der Waals surface area contributed by atoms with E-state index in [1.165, 1.54) is 0 Å². The Kier molecular flexibility index (Phi) is 2.83. The molecule has 0 atom stereocenters. The molecule has 1 aliphatic carbocycles. The molecule has 1 rings (SSSR count). The topological polar surface area (TPSA) is 43.4 Å². The molecule has 0 heterocycles. The summed E-state index contributed by atoms with van der Waals surface area (Å²) in [5.41, 5.74) is 0.924. The van der Waals surface area contributed by atoms with Gasteiger partial charge < -0.3 is 4.74 Å². The van der Waals surface area contributed by atoms with Crippen LogP contribution in [-0.2, 0) is 14.3 Å². The average molecular weight is 154 g/mol. The van der Waals surface area contributed by atoms with Crippen molar-refractivity contribution in [3.63, 3.8) is 0 Å². The Hall–Kier alpha value is -1.12. The maximum atomic E-state index is 10.8. The minimum atomic E-state index is 0.140. The van der Waals surface area contributed by atoms with Crippen molar-refractivity contribution in [2.24, 2.45) is 0 Å². The zero-order chi connectivity index (χ0) is 8.10. The first-order valence-electron chi connectivity index (χ1n) is 3.60. The third-order valence-corrected chi connectivity index (χ3v) is 1.62. The van der Waals surface area contributed by atoms with Gasteiger partial charge in [0.2, 0.25) is 0 Å². The standard InChI is InChI=1S/C8H10O3/c9-6-11-5-7-2-1-3-8(10)4-7/h4,6H,1-3,5H2. The van der Waals surface area contributed by atoms with Crippen LogP contribution in [0.1, 0.15) is 19.3 Å². The molecule has 0 amide bonds. The van der Waals surface area contributed by atoms with Gasteiger partial charge in [-0.1, -0.05) is 0 Å². The van der Waals surface area contributed by atoms with Gasteiger partial charge in [0.05, 0.1) is 0 Å². The lowest BCUT2D eigenvalue weighted by atomic mass is 9.99. The molecule has 1 aliphatic rings. The molecule has 0 saturated heterocycles. The predicted molar refractivity (Wildman–Crippen MR) is 39.0 cm³/mol. The van der Waals surface area contributed by atoms with Crippen LogP contribution in [0.4, 0.5) is 0 Å². The highest BCUT2D eigenvalue weighted by Crippen LogP contribution is 2.14. The van der Waals surface area contributed by atoms with Gasteiger partial charge in [-0.25, -0.2) is 0 Å². The molecular formula is C8H10O3. The zero-order valence-electron chi connectivity index (χ0n) is 6.21. The summed E-state index contributed by atoms with van der Waals surface area (Å²) in [4.78, 5) is 20.6. The maximum absolute atomic E-state index is 10.8. The Morgan fingerprint density at radius 1 is 1.55 bits per heavy atom. The van der Waals surface area contributed by atoms with Gasteiger partial charge >= 0.3 is 0 Å². The summed E-state index contributed by atoms with van der Waals surface area (Å²) in [5, 5.41) is 0. The molecule has 0 spiro atoms. The van der Waals surface area contributed by atoms with E-state index in [0.717, 1.165) is 18.4 Å². The van der Waals surface area contributed by atoms with Crippen LogP contribution < -0.4 is 0 Å². The van der Waals surface area contributed by atoms with Crippen LogP contribution in [0.2, 0.25) is 0 Å². The van der Waals surface area contributed by atoms with Crippen LogP contribution in [0.25, 0.3) is 0 Å². The number of hydrogen-bond donors (Lipinski definition) is 0. The molecule has 0 bridgehead atoms. The average Bonchev–Trinajstić information content (AvgIpc) is 2.01. The first kappa shape index (κ1) is 7.98. The lowest BCUT2D eigenvalue weighted by Gasteiger charge is -2.09. The fraction of sp³-hybridized carbons (Fsp3) is 0.500. The van der Waals surface area contributed by atoms with Gasteiger partial charge in [0.15, 0.2) is 5.78 Å². The molecule has 0 aromatic heterocycles. The van der Waals surface area contributed by atoms with E-state index in [1.807, 2.05) is 0 Å². The van der Waals surface area contributed by atoms with Crippen molar-refractivity contribution < 1.29 is 14.3 Å². The molecule has 11 heavy (non-hydrogen) atoms. The SMILES string of the molecule is O=COCC1=CC(=O)CCC1. The Morgan fingerprint density at radius 2 is 2.36 bits per heavy atom. The quantitative estimate of drug-likeness (QED) is 0.566. The van der Waals surface area contributed by atoms with Gasteiger partial charge in [-0.15, -0.1) is 0 Å². The molecule has 60 valence electrons. The second-order valence-electron chi connectivity index (χ2n) is 2.53. The van der Waals surface area contributed by atoms with Crippen LogP contribution in [0.5, 0.6) is 0 Å². The fourth-order valence-corrected chi connectivity index (χ4v) is 1.12. The molecule has 0 saturated carbocycles. The van der Waals surface area contributed by atoms with Crippen molar-refractivity contribution in [2.45, 2.75) is 19.3 Å². The summed E-state index contributed by atoms with van der Waals surface area (Å²) in [5.74, 6) is 0.140. The minimum absolute atomic E-state index is 0.140. The fourth-order valence-electron chi connectivity index (χ4n) is 1.12. The Bertz CT molecular complexity index is 194. The Balaban J connectivity index is 2.42. The normalized spacial score (nSPS) is 17.5. The zero-order valence-corrected chi connectivity index (χ0v) is 6.21. The van der Waals surface area contributed by atoms with Crippen molar-refractivity contribution in [1.29, 1.82) is 0 Å². The number of ketones is 1. The number of rotatable bonds is 3. The maximum Gasteiger partial charge on any atom is 0.293 e. The molecule has 0 radical (unpaired) electrons. The van der Waals surface area contributed by atoms with Crippen LogP contribution in [-0.4, -0.2) is 18.9 Å². The largest absolute Gasteiger partial charge is 0.463 e. The summed E-state index contributed by atoms with van der Waals surface area (Å²) in [7, 11) is 0. The van der Waals surface area contributed by atoms with E-state index in [9.17, 15) is 9.59 Å². The molecule has 3 heteroatoms. The highest BCUT2D eigenvalue weighted by molar-refractivity contribution is 5.91. The third-order valence-electron chi connectivity index (χ3n) is 1.62. The smallest absolute Gasteiger partial charge is 0.293 e. The number of ether oxygens (including phenoxy) is 1. The molecule has 0 N–H and O–H groups in total. The van der Waals surface area contributed by atoms with Crippen LogP contribution in [0.15, 0.2) is 11.6 Å². The second kappa shape index (κ2) is 3.91. The third kappa shape index (κ3) is 2.53. The van der Waals surface area contributed by atoms with Crippen molar-refractivity contribution in [3.05, 3.63) is 11.6 Å². The van der Waals surface area contributed by atoms with Crippen molar-refractivity contribution in [2.75, 3.05) is 6.61 Å². The first-order valence-corrected chi connectivity index (χ1v) is 3.60. The van der Waals surface area contributed by atoms with Gasteiger partial charge in [-0.3, -0.25) is 9.59 Å². The minimum Gasteiger partial charge on any atom is -0.463 e. The molecule has 0 fully saturated rings. The van der Waals surface area contributed by atoms with E-state index >= 15 is 0 Å². The van der Waals surface area contributed by atoms with Gasteiger partial charge in [-0.05, 0) is 24.5 Å². The summed E-state index contributed by atoms with van der Waals surface area (Å²) in [6.07, 6.45) is 3.96. The number of carbonyl (C=O) groups is 2. The summed E-state index contributed by atoms with van der Waals surface area (Å²) < 4.78 is 4.52. The van der Waals surface area contributed by atoms with Crippen molar-refractivity contribution in [1.82, 2.24) is 0 Å². The summed E-state index contributed by atoms with van der Waals surface area (Å²) >= 11 is 0. The van der Waals surface area contributed by atoms with Crippen LogP contribution in [0.3, 0.4) is 0 Å². The summed E-state index contributed by atoms with van der Waals surface area (Å²) in [6, 6.07) is 0. The molecule has 3 nitrogen and oxygen atoms in total. The molecule has 0 unspecified atom stereocenters. The number of carbonyl (C=O) groups excluding carboxylic acids is 2. The van der Waals surface area contributed by atoms with Gasteiger partial charge in [0.25, 0.3) is 6.47 Å². The van der Waals surface area contributed by atoms with E-state index in [1.54, 1.807) is 6.08 Å². The molecule has 0 aromatic carbocycles. The predicted octanol–water partition coefficient (Wildman–Crippen LogP) is 0.839.